The zero-order valence-corrected chi connectivity index (χ0v) is 17.9. The van der Waals surface area contributed by atoms with Crippen molar-refractivity contribution in [3.05, 3.63) is 24.3 Å². The highest BCUT2D eigenvalue weighted by Crippen LogP contribution is 2.30. The number of ketones is 1. The number of Topliss-reactive ketones (excluding diaryl/α,β-unsaturated/α-hetero) is 1. The van der Waals surface area contributed by atoms with Crippen LogP contribution in [0.4, 0.5) is 10.5 Å². The zero-order valence-electron chi connectivity index (χ0n) is 17.1. The van der Waals surface area contributed by atoms with Crippen molar-refractivity contribution in [2.45, 2.75) is 63.0 Å². The van der Waals surface area contributed by atoms with Crippen LogP contribution < -0.4 is 10.2 Å². The summed E-state index contributed by atoms with van der Waals surface area (Å²) in [6.45, 7) is 9.11. The van der Waals surface area contributed by atoms with Crippen LogP contribution in [0.2, 0.25) is 0 Å². The van der Waals surface area contributed by atoms with Crippen LogP contribution in [0.25, 0.3) is 0 Å². The Labute approximate surface area is 172 Å². The lowest BCUT2D eigenvalue weighted by Gasteiger charge is -2.32. The van der Waals surface area contributed by atoms with Gasteiger partial charge in [0.1, 0.15) is 11.4 Å². The highest BCUT2D eigenvalue weighted by Gasteiger charge is 2.24. The number of hydrogen-bond acceptors (Lipinski definition) is 6. The maximum absolute atomic E-state index is 11.9. The Balaban J connectivity index is 1.46. The van der Waals surface area contributed by atoms with Crippen LogP contribution >= 0.6 is 11.9 Å². The number of amides is 1. The third-order valence-corrected chi connectivity index (χ3v) is 6.00. The number of alkyl carbamates (subject to hydrolysis) is 1. The van der Waals surface area contributed by atoms with Crippen molar-refractivity contribution in [2.75, 3.05) is 31.1 Å². The molecule has 6 nitrogen and oxygen atoms in total. The number of piperidine rings is 2. The van der Waals surface area contributed by atoms with Crippen LogP contribution in [0.1, 0.15) is 46.5 Å². The minimum atomic E-state index is -0.465. The first-order valence-electron chi connectivity index (χ1n) is 10.1. The van der Waals surface area contributed by atoms with Gasteiger partial charge < -0.3 is 15.0 Å². The molecule has 2 saturated heterocycles. The Morgan fingerprint density at radius 2 is 1.82 bits per heavy atom. The van der Waals surface area contributed by atoms with Gasteiger partial charge in [0, 0.05) is 55.6 Å². The molecule has 0 radical (unpaired) electrons. The molecule has 0 aromatic heterocycles. The van der Waals surface area contributed by atoms with Crippen LogP contribution in [0, 0.1) is 0 Å². The molecular weight excluding hydrogens is 374 g/mol. The second kappa shape index (κ2) is 9.18. The Hall–Kier alpha value is -1.73. The summed E-state index contributed by atoms with van der Waals surface area (Å²) in [5.41, 5.74) is 0.729. The number of nitrogens with one attached hydrogen (secondary N) is 1. The van der Waals surface area contributed by atoms with Gasteiger partial charge in [-0.15, -0.1) is 0 Å². The summed E-state index contributed by atoms with van der Waals surface area (Å²) in [5.74, 6) is 0.365. The molecule has 0 spiro atoms. The van der Waals surface area contributed by atoms with E-state index in [0.29, 0.717) is 18.6 Å². The fourth-order valence-electron chi connectivity index (χ4n) is 3.47. The Kier molecular flexibility index (Phi) is 6.88. The number of carbonyl (C=O) groups excluding carboxylic acids is 2. The molecule has 2 aliphatic heterocycles. The monoisotopic (exact) mass is 405 g/mol. The van der Waals surface area contributed by atoms with E-state index in [9.17, 15) is 9.59 Å². The molecule has 0 aliphatic carbocycles. The van der Waals surface area contributed by atoms with E-state index >= 15 is 0 Å². The standard InChI is InChI=1S/C21H31N3O3S/c1-21(2,3)27-20(26)22-16-7-13-24(14-8-16)28-19-6-4-5-17(15-19)23-11-9-18(25)10-12-23/h4-6,15-16H,7-14H2,1-3H3,(H,22,26). The molecule has 0 bridgehead atoms. The predicted octanol–water partition coefficient (Wildman–Crippen LogP) is 3.85. The summed E-state index contributed by atoms with van der Waals surface area (Å²) >= 11 is 1.77. The van der Waals surface area contributed by atoms with E-state index in [1.54, 1.807) is 11.9 Å². The molecule has 3 rings (SSSR count). The summed E-state index contributed by atoms with van der Waals surface area (Å²) in [6, 6.07) is 8.73. The van der Waals surface area contributed by atoms with E-state index in [1.165, 1.54) is 10.6 Å². The molecule has 2 fully saturated rings. The summed E-state index contributed by atoms with van der Waals surface area (Å²) < 4.78 is 7.70. The fourth-order valence-corrected chi connectivity index (χ4v) is 4.47. The SMILES string of the molecule is CC(C)(C)OC(=O)NC1CCN(Sc2cccc(N3CCC(=O)CC3)c2)CC1. The summed E-state index contributed by atoms with van der Waals surface area (Å²) in [5, 5.41) is 2.98. The normalized spacial score (nSPS) is 19.5. The average molecular weight is 406 g/mol. The van der Waals surface area contributed by atoms with Gasteiger partial charge in [0.25, 0.3) is 0 Å². The molecule has 154 valence electrons. The number of ether oxygens (including phenoxy) is 1. The van der Waals surface area contributed by atoms with Crippen molar-refractivity contribution in [1.82, 2.24) is 9.62 Å². The molecule has 1 amide bonds. The summed E-state index contributed by atoms with van der Waals surface area (Å²) in [7, 11) is 0. The second-order valence-electron chi connectivity index (χ2n) is 8.46. The Morgan fingerprint density at radius 3 is 2.46 bits per heavy atom. The van der Waals surface area contributed by atoms with Gasteiger partial charge in [0.2, 0.25) is 0 Å². The molecule has 2 aliphatic rings. The molecule has 0 atom stereocenters. The van der Waals surface area contributed by atoms with E-state index in [-0.39, 0.29) is 12.1 Å². The van der Waals surface area contributed by atoms with Crippen molar-refractivity contribution in [1.29, 1.82) is 0 Å². The molecule has 1 N–H and O–H groups in total. The van der Waals surface area contributed by atoms with Gasteiger partial charge in [0.15, 0.2) is 0 Å². The second-order valence-corrected chi connectivity index (χ2v) is 9.63. The number of nitrogens with zero attached hydrogens (tertiary/aromatic N) is 2. The number of rotatable bonds is 4. The highest BCUT2D eigenvalue weighted by molar-refractivity contribution is 7.97. The maximum Gasteiger partial charge on any atom is 0.407 e. The van der Waals surface area contributed by atoms with Gasteiger partial charge in [-0.3, -0.25) is 4.79 Å². The molecular formula is C21H31N3O3S. The summed E-state index contributed by atoms with van der Waals surface area (Å²) in [4.78, 5) is 26.9. The van der Waals surface area contributed by atoms with Crippen molar-refractivity contribution in [2.24, 2.45) is 0 Å². The third kappa shape index (κ3) is 6.41. The summed E-state index contributed by atoms with van der Waals surface area (Å²) in [6.07, 6.45) is 2.80. The Morgan fingerprint density at radius 1 is 1.14 bits per heavy atom. The first-order chi connectivity index (χ1) is 13.3. The largest absolute Gasteiger partial charge is 0.444 e. The number of benzene rings is 1. The predicted molar refractivity (Wildman–Crippen MR) is 113 cm³/mol. The lowest BCUT2D eigenvalue weighted by atomic mass is 10.1. The number of anilines is 1. The van der Waals surface area contributed by atoms with Gasteiger partial charge in [-0.05, 0) is 63.8 Å². The van der Waals surface area contributed by atoms with E-state index in [4.69, 9.17) is 4.74 Å². The maximum atomic E-state index is 11.9. The molecule has 7 heteroatoms. The van der Waals surface area contributed by atoms with Crippen LogP contribution in [0.5, 0.6) is 0 Å². The minimum absolute atomic E-state index is 0.170. The number of carbonyl (C=O) groups is 2. The molecule has 1 aromatic rings. The van der Waals surface area contributed by atoms with Crippen LogP contribution in [-0.2, 0) is 9.53 Å². The Bertz CT molecular complexity index is 686. The van der Waals surface area contributed by atoms with Crippen molar-refractivity contribution >= 4 is 29.5 Å². The molecule has 0 saturated carbocycles. The van der Waals surface area contributed by atoms with E-state index in [2.05, 4.69) is 38.8 Å². The van der Waals surface area contributed by atoms with Gasteiger partial charge >= 0.3 is 6.09 Å². The molecule has 2 heterocycles. The number of hydrogen-bond donors (Lipinski definition) is 1. The van der Waals surface area contributed by atoms with E-state index in [0.717, 1.165) is 39.0 Å². The van der Waals surface area contributed by atoms with Crippen molar-refractivity contribution in [3.8, 4) is 0 Å². The van der Waals surface area contributed by atoms with Gasteiger partial charge in [0.05, 0.1) is 0 Å². The van der Waals surface area contributed by atoms with Gasteiger partial charge in [-0.2, -0.15) is 0 Å². The molecule has 1 aromatic carbocycles. The third-order valence-electron chi connectivity index (χ3n) is 4.91. The average Bonchev–Trinajstić information content (AvgIpc) is 2.63. The van der Waals surface area contributed by atoms with Crippen LogP contribution in [0.15, 0.2) is 29.2 Å². The topological polar surface area (TPSA) is 61.9 Å². The van der Waals surface area contributed by atoms with E-state index in [1.807, 2.05) is 20.8 Å². The fraction of sp³-hybridized carbons (Fsp3) is 0.619. The quantitative estimate of drug-likeness (QED) is 0.768. The first-order valence-corrected chi connectivity index (χ1v) is 10.8. The lowest BCUT2D eigenvalue weighted by Crippen LogP contribution is -2.44. The first kappa shape index (κ1) is 21.0. The molecule has 28 heavy (non-hydrogen) atoms. The lowest BCUT2D eigenvalue weighted by molar-refractivity contribution is -0.119. The van der Waals surface area contributed by atoms with Gasteiger partial charge in [-0.25, -0.2) is 9.10 Å². The van der Waals surface area contributed by atoms with Crippen molar-refractivity contribution in [3.63, 3.8) is 0 Å². The minimum Gasteiger partial charge on any atom is -0.444 e. The van der Waals surface area contributed by atoms with Crippen LogP contribution in [0.3, 0.4) is 0 Å². The van der Waals surface area contributed by atoms with Gasteiger partial charge in [-0.1, -0.05) is 6.07 Å². The highest BCUT2D eigenvalue weighted by atomic mass is 32.2. The van der Waals surface area contributed by atoms with Crippen LogP contribution in [-0.4, -0.2) is 54.0 Å². The smallest absolute Gasteiger partial charge is 0.407 e. The zero-order chi connectivity index (χ0) is 20.1. The molecule has 0 unspecified atom stereocenters. The van der Waals surface area contributed by atoms with E-state index < -0.39 is 5.60 Å². The van der Waals surface area contributed by atoms with Crippen molar-refractivity contribution < 1.29 is 14.3 Å².